The molecule has 1 aliphatic heterocycles. The minimum absolute atomic E-state index is 0.0590. The fraction of sp³-hybridized carbons (Fsp3) is 0.350. The number of amides is 2. The highest BCUT2D eigenvalue weighted by Gasteiger charge is 2.21. The average molecular weight is 380 g/mol. The first-order chi connectivity index (χ1) is 13.6. The number of piperazine rings is 1. The summed E-state index contributed by atoms with van der Waals surface area (Å²) >= 11 is 0. The Labute approximate surface area is 162 Å². The zero-order valence-electron chi connectivity index (χ0n) is 15.9. The number of H-pyrrole nitrogens is 2. The van der Waals surface area contributed by atoms with Gasteiger partial charge in [-0.3, -0.25) is 9.88 Å². The maximum atomic E-state index is 12.5. The van der Waals surface area contributed by atoms with Crippen LogP contribution >= 0.6 is 0 Å². The van der Waals surface area contributed by atoms with Crippen LogP contribution in [0.25, 0.3) is 11.0 Å². The van der Waals surface area contributed by atoms with Crippen LogP contribution < -0.4 is 11.0 Å². The fourth-order valence-electron chi connectivity index (χ4n) is 3.48. The van der Waals surface area contributed by atoms with E-state index in [0.29, 0.717) is 19.6 Å². The maximum Gasteiger partial charge on any atom is 0.323 e. The molecule has 28 heavy (non-hydrogen) atoms. The molecule has 0 radical (unpaired) electrons. The van der Waals surface area contributed by atoms with Gasteiger partial charge in [-0.15, -0.1) is 0 Å². The van der Waals surface area contributed by atoms with E-state index in [1.54, 1.807) is 0 Å². The molecule has 146 valence electrons. The average Bonchev–Trinajstić information content (AvgIpc) is 3.07. The molecule has 8 nitrogen and oxygen atoms in total. The van der Waals surface area contributed by atoms with E-state index < -0.39 is 0 Å². The molecule has 0 unspecified atom stereocenters. The number of aromatic amines is 2. The second-order valence-electron chi connectivity index (χ2n) is 7.15. The number of pyridine rings is 1. The summed E-state index contributed by atoms with van der Waals surface area (Å²) in [7, 11) is 0. The second kappa shape index (κ2) is 7.85. The van der Waals surface area contributed by atoms with Crippen LogP contribution in [-0.2, 0) is 13.1 Å². The van der Waals surface area contributed by atoms with E-state index in [1.807, 2.05) is 35.4 Å². The van der Waals surface area contributed by atoms with E-state index in [9.17, 15) is 9.59 Å². The molecule has 8 heteroatoms. The third kappa shape index (κ3) is 4.07. The van der Waals surface area contributed by atoms with E-state index in [0.717, 1.165) is 41.9 Å². The lowest BCUT2D eigenvalue weighted by Gasteiger charge is -2.34. The van der Waals surface area contributed by atoms with E-state index in [4.69, 9.17) is 0 Å². The quantitative estimate of drug-likeness (QED) is 0.640. The molecular formula is C20H24N6O2. The Morgan fingerprint density at radius 1 is 1.14 bits per heavy atom. The molecule has 4 rings (SSSR count). The number of imidazole rings is 1. The van der Waals surface area contributed by atoms with Gasteiger partial charge in [0, 0.05) is 45.5 Å². The number of hydrogen-bond donors (Lipinski definition) is 3. The van der Waals surface area contributed by atoms with Gasteiger partial charge in [0.25, 0.3) is 0 Å². The van der Waals surface area contributed by atoms with E-state index >= 15 is 0 Å². The molecule has 1 saturated heterocycles. The molecule has 3 heterocycles. The Hall–Kier alpha value is -3.13. The Balaban J connectivity index is 1.27. The number of urea groups is 1. The SMILES string of the molecule is Cc1cccnc1CN1CCN(C(=O)NCc2ccc3[nH]c(=O)[nH]c3c2)CC1. The number of fused-ring (bicyclic) bond motifs is 1. The number of carbonyl (C=O) groups excluding carboxylic acids is 1. The lowest BCUT2D eigenvalue weighted by atomic mass is 10.2. The van der Waals surface area contributed by atoms with Crippen LogP contribution in [0, 0.1) is 6.92 Å². The number of benzene rings is 1. The maximum absolute atomic E-state index is 12.5. The number of carbonyl (C=O) groups is 1. The number of hydrogen-bond acceptors (Lipinski definition) is 4. The van der Waals surface area contributed by atoms with Gasteiger partial charge in [-0.2, -0.15) is 0 Å². The molecule has 0 aliphatic carbocycles. The normalized spacial score (nSPS) is 15.1. The van der Waals surface area contributed by atoms with E-state index in [2.05, 4.69) is 38.2 Å². The molecule has 2 aromatic heterocycles. The standard InChI is InChI=1S/C20H24N6O2/c1-14-3-2-6-21-18(14)13-25-7-9-26(10-8-25)20(28)22-12-15-4-5-16-17(11-15)24-19(27)23-16/h2-6,11H,7-10,12-13H2,1H3,(H,22,28)(H2,23,24,27). The predicted molar refractivity (Wildman–Crippen MR) is 107 cm³/mol. The summed E-state index contributed by atoms with van der Waals surface area (Å²) in [4.78, 5) is 37.9. The van der Waals surface area contributed by atoms with Gasteiger partial charge >= 0.3 is 11.7 Å². The van der Waals surface area contributed by atoms with E-state index in [-0.39, 0.29) is 11.7 Å². The molecule has 0 bridgehead atoms. The van der Waals surface area contributed by atoms with Crippen molar-refractivity contribution >= 4 is 17.1 Å². The first-order valence-electron chi connectivity index (χ1n) is 9.45. The number of nitrogens with one attached hydrogen (secondary N) is 3. The number of nitrogens with zero attached hydrogens (tertiary/aromatic N) is 3. The van der Waals surface area contributed by atoms with Crippen molar-refractivity contribution in [2.24, 2.45) is 0 Å². The molecule has 0 spiro atoms. The molecular weight excluding hydrogens is 356 g/mol. The number of aromatic nitrogens is 3. The van der Waals surface area contributed by atoms with Crippen molar-refractivity contribution in [1.82, 2.24) is 30.1 Å². The zero-order chi connectivity index (χ0) is 19.5. The van der Waals surface area contributed by atoms with Crippen LogP contribution in [0.5, 0.6) is 0 Å². The third-order valence-corrected chi connectivity index (χ3v) is 5.17. The van der Waals surface area contributed by atoms with Gasteiger partial charge in [-0.05, 0) is 36.2 Å². The summed E-state index contributed by atoms with van der Waals surface area (Å²) in [6.45, 7) is 6.38. The van der Waals surface area contributed by atoms with Crippen molar-refractivity contribution in [2.45, 2.75) is 20.0 Å². The third-order valence-electron chi connectivity index (χ3n) is 5.17. The van der Waals surface area contributed by atoms with Crippen LogP contribution in [0.4, 0.5) is 4.79 Å². The summed E-state index contributed by atoms with van der Waals surface area (Å²) in [5, 5.41) is 2.97. The summed E-state index contributed by atoms with van der Waals surface area (Å²) in [5.74, 6) is 0. The van der Waals surface area contributed by atoms with Crippen LogP contribution in [0.1, 0.15) is 16.8 Å². The lowest BCUT2D eigenvalue weighted by Crippen LogP contribution is -2.51. The topological polar surface area (TPSA) is 97.1 Å². The molecule has 0 atom stereocenters. The highest BCUT2D eigenvalue weighted by Crippen LogP contribution is 2.12. The highest BCUT2D eigenvalue weighted by molar-refractivity contribution is 5.76. The van der Waals surface area contributed by atoms with Crippen molar-refractivity contribution in [3.63, 3.8) is 0 Å². The van der Waals surface area contributed by atoms with Crippen molar-refractivity contribution in [2.75, 3.05) is 26.2 Å². The van der Waals surface area contributed by atoms with Gasteiger partial charge < -0.3 is 20.2 Å². The lowest BCUT2D eigenvalue weighted by molar-refractivity contribution is 0.134. The van der Waals surface area contributed by atoms with Crippen LogP contribution in [0.2, 0.25) is 0 Å². The minimum Gasteiger partial charge on any atom is -0.334 e. The number of aryl methyl sites for hydroxylation is 1. The number of rotatable bonds is 4. The smallest absolute Gasteiger partial charge is 0.323 e. The first-order valence-corrected chi connectivity index (χ1v) is 9.45. The molecule has 2 amide bonds. The van der Waals surface area contributed by atoms with Gasteiger partial charge in [0.1, 0.15) is 0 Å². The molecule has 3 N–H and O–H groups in total. The Morgan fingerprint density at radius 2 is 1.93 bits per heavy atom. The minimum atomic E-state index is -0.227. The van der Waals surface area contributed by atoms with Gasteiger partial charge in [-0.1, -0.05) is 12.1 Å². The van der Waals surface area contributed by atoms with Gasteiger partial charge in [0.15, 0.2) is 0 Å². The molecule has 0 saturated carbocycles. The largest absolute Gasteiger partial charge is 0.334 e. The summed E-state index contributed by atoms with van der Waals surface area (Å²) < 4.78 is 0. The van der Waals surface area contributed by atoms with Gasteiger partial charge in [0.05, 0.1) is 16.7 Å². The van der Waals surface area contributed by atoms with Crippen molar-refractivity contribution < 1.29 is 4.79 Å². The highest BCUT2D eigenvalue weighted by atomic mass is 16.2. The summed E-state index contributed by atoms with van der Waals surface area (Å²) in [6, 6.07) is 9.59. The summed E-state index contributed by atoms with van der Waals surface area (Å²) in [5.41, 5.74) is 4.52. The Bertz CT molecular complexity index is 1030. The fourth-order valence-corrected chi connectivity index (χ4v) is 3.48. The zero-order valence-corrected chi connectivity index (χ0v) is 15.9. The van der Waals surface area contributed by atoms with Crippen molar-refractivity contribution in [3.8, 4) is 0 Å². The molecule has 1 fully saturated rings. The molecule has 1 aliphatic rings. The molecule has 3 aromatic rings. The van der Waals surface area contributed by atoms with Crippen LogP contribution in [0.15, 0.2) is 41.3 Å². The van der Waals surface area contributed by atoms with Crippen molar-refractivity contribution in [3.05, 3.63) is 63.8 Å². The Morgan fingerprint density at radius 3 is 2.71 bits per heavy atom. The first kappa shape index (κ1) is 18.2. The van der Waals surface area contributed by atoms with E-state index in [1.165, 1.54) is 5.56 Å². The predicted octanol–water partition coefficient (Wildman–Crippen LogP) is 1.59. The molecule has 1 aromatic carbocycles. The van der Waals surface area contributed by atoms with Crippen LogP contribution in [0.3, 0.4) is 0 Å². The second-order valence-corrected chi connectivity index (χ2v) is 7.15. The van der Waals surface area contributed by atoms with Gasteiger partial charge in [0.2, 0.25) is 0 Å². The monoisotopic (exact) mass is 380 g/mol. The summed E-state index contributed by atoms with van der Waals surface area (Å²) in [6.07, 6.45) is 1.83. The van der Waals surface area contributed by atoms with Crippen molar-refractivity contribution in [1.29, 1.82) is 0 Å². The Kier molecular flexibility index (Phi) is 5.12. The van der Waals surface area contributed by atoms with Gasteiger partial charge in [-0.25, -0.2) is 9.59 Å². The van der Waals surface area contributed by atoms with Crippen LogP contribution in [-0.4, -0.2) is 57.0 Å².